The maximum atomic E-state index is 12.3. The molecular weight excluding hydrogens is 326 g/mol. The number of aldehydes is 1. The second-order valence-corrected chi connectivity index (χ2v) is 8.80. The number of nitrogens with zero attached hydrogens (tertiary/aromatic N) is 1. The Labute approximate surface area is 146 Å². The van der Waals surface area contributed by atoms with E-state index in [1.807, 2.05) is 26.8 Å². The largest absolute Gasteiger partial charge is 0.444 e. The predicted octanol–water partition coefficient (Wildman–Crippen LogP) is 3.75. The van der Waals surface area contributed by atoms with Crippen LogP contribution in [0, 0.1) is 0 Å². The third kappa shape index (κ3) is 3.35. The smallest absolute Gasteiger partial charge is 0.410 e. The van der Waals surface area contributed by atoms with E-state index in [9.17, 15) is 9.59 Å². The molecule has 1 spiro atoms. The highest BCUT2D eigenvalue weighted by Crippen LogP contribution is 2.46. The summed E-state index contributed by atoms with van der Waals surface area (Å²) in [6.07, 6.45) is 3.10. The number of carbonyl (C=O) groups is 2. The van der Waals surface area contributed by atoms with E-state index in [2.05, 4.69) is 6.92 Å². The van der Waals surface area contributed by atoms with Crippen LogP contribution in [0.5, 0.6) is 0 Å². The Hall–Kier alpha value is -1.40. The standard InChI is InChI=1S/C18H25NO4S/c1-12-9-13-10-14(11-20)24-15(13)18(22-12)5-7-19(8-6-18)16(21)23-17(2,3)4/h10-12H,5-9H2,1-4H3. The van der Waals surface area contributed by atoms with Crippen LogP contribution in [0.3, 0.4) is 0 Å². The minimum atomic E-state index is -0.484. The summed E-state index contributed by atoms with van der Waals surface area (Å²) in [6.45, 7) is 8.91. The first kappa shape index (κ1) is 17.4. The summed E-state index contributed by atoms with van der Waals surface area (Å²) in [5.74, 6) is 0. The fourth-order valence-electron chi connectivity index (χ4n) is 3.56. The van der Waals surface area contributed by atoms with Gasteiger partial charge in [-0.3, -0.25) is 4.79 Å². The summed E-state index contributed by atoms with van der Waals surface area (Å²) >= 11 is 1.53. The molecule has 5 nitrogen and oxygen atoms in total. The molecule has 2 aliphatic rings. The van der Waals surface area contributed by atoms with Crippen molar-refractivity contribution in [2.24, 2.45) is 0 Å². The van der Waals surface area contributed by atoms with Crippen molar-refractivity contribution < 1.29 is 19.1 Å². The lowest BCUT2D eigenvalue weighted by molar-refractivity contribution is -0.129. The molecule has 0 N–H and O–H groups in total. The minimum absolute atomic E-state index is 0.125. The molecule has 6 heteroatoms. The van der Waals surface area contributed by atoms with Gasteiger partial charge in [0.1, 0.15) is 11.2 Å². The van der Waals surface area contributed by atoms with E-state index in [4.69, 9.17) is 9.47 Å². The van der Waals surface area contributed by atoms with Crippen molar-refractivity contribution >= 4 is 23.7 Å². The van der Waals surface area contributed by atoms with Gasteiger partial charge in [-0.15, -0.1) is 11.3 Å². The number of amides is 1. The Morgan fingerprint density at radius 2 is 2.08 bits per heavy atom. The molecule has 0 radical (unpaired) electrons. The van der Waals surface area contributed by atoms with Crippen LogP contribution >= 0.6 is 11.3 Å². The summed E-state index contributed by atoms with van der Waals surface area (Å²) in [5.41, 5.74) is 0.380. The lowest BCUT2D eigenvalue weighted by atomic mass is 9.84. The second-order valence-electron chi connectivity index (χ2n) is 7.72. The Morgan fingerprint density at radius 3 is 2.67 bits per heavy atom. The summed E-state index contributed by atoms with van der Waals surface area (Å²) < 4.78 is 11.8. The fraction of sp³-hybridized carbons (Fsp3) is 0.667. The van der Waals surface area contributed by atoms with E-state index < -0.39 is 5.60 Å². The van der Waals surface area contributed by atoms with Crippen LogP contribution in [0.15, 0.2) is 6.07 Å². The molecule has 1 atom stereocenters. The van der Waals surface area contributed by atoms with Gasteiger partial charge in [-0.1, -0.05) is 0 Å². The molecule has 1 fully saturated rings. The van der Waals surface area contributed by atoms with Gasteiger partial charge in [-0.2, -0.15) is 0 Å². The fourth-order valence-corrected chi connectivity index (χ4v) is 4.75. The van der Waals surface area contributed by atoms with Crippen molar-refractivity contribution in [3.63, 3.8) is 0 Å². The van der Waals surface area contributed by atoms with Gasteiger partial charge >= 0.3 is 6.09 Å². The van der Waals surface area contributed by atoms with Crippen LogP contribution in [-0.4, -0.2) is 42.1 Å². The topological polar surface area (TPSA) is 55.8 Å². The monoisotopic (exact) mass is 351 g/mol. The molecule has 1 amide bonds. The molecule has 3 heterocycles. The number of rotatable bonds is 1. The molecule has 132 valence electrons. The highest BCUT2D eigenvalue weighted by molar-refractivity contribution is 7.14. The van der Waals surface area contributed by atoms with E-state index in [1.54, 1.807) is 4.90 Å². The van der Waals surface area contributed by atoms with E-state index >= 15 is 0 Å². The predicted molar refractivity (Wildman–Crippen MR) is 92.7 cm³/mol. The Morgan fingerprint density at radius 1 is 1.42 bits per heavy atom. The molecule has 0 aliphatic carbocycles. The quantitative estimate of drug-likeness (QED) is 0.723. The van der Waals surface area contributed by atoms with Crippen molar-refractivity contribution in [1.82, 2.24) is 4.90 Å². The van der Waals surface area contributed by atoms with Crippen LogP contribution < -0.4 is 0 Å². The highest BCUT2D eigenvalue weighted by atomic mass is 32.1. The van der Waals surface area contributed by atoms with Gasteiger partial charge in [-0.25, -0.2) is 4.79 Å². The average Bonchev–Trinajstić information content (AvgIpc) is 2.90. The molecule has 0 aromatic carbocycles. The maximum absolute atomic E-state index is 12.3. The van der Waals surface area contributed by atoms with Gasteiger partial charge in [0.15, 0.2) is 6.29 Å². The van der Waals surface area contributed by atoms with Gasteiger partial charge in [0.25, 0.3) is 0 Å². The van der Waals surface area contributed by atoms with Gasteiger partial charge < -0.3 is 14.4 Å². The average molecular weight is 351 g/mol. The molecule has 3 rings (SSSR count). The van der Waals surface area contributed by atoms with E-state index in [0.717, 1.165) is 30.4 Å². The highest BCUT2D eigenvalue weighted by Gasteiger charge is 2.45. The third-order valence-electron chi connectivity index (χ3n) is 4.51. The van der Waals surface area contributed by atoms with Crippen molar-refractivity contribution in [1.29, 1.82) is 0 Å². The Kier molecular flexibility index (Phi) is 4.47. The first-order valence-corrected chi connectivity index (χ1v) is 9.28. The number of piperidine rings is 1. The second kappa shape index (κ2) is 6.15. The zero-order chi connectivity index (χ0) is 17.5. The van der Waals surface area contributed by atoms with Crippen LogP contribution in [0.2, 0.25) is 0 Å². The van der Waals surface area contributed by atoms with Crippen molar-refractivity contribution in [3.05, 3.63) is 21.4 Å². The third-order valence-corrected chi connectivity index (χ3v) is 5.80. The molecule has 1 unspecified atom stereocenters. The van der Waals surface area contributed by atoms with Crippen LogP contribution in [0.1, 0.15) is 60.6 Å². The van der Waals surface area contributed by atoms with Gasteiger partial charge in [-0.05, 0) is 58.6 Å². The van der Waals surface area contributed by atoms with Gasteiger partial charge in [0, 0.05) is 18.0 Å². The molecule has 1 aromatic rings. The number of hydrogen-bond acceptors (Lipinski definition) is 5. The Bertz CT molecular complexity index is 638. The molecule has 1 aromatic heterocycles. The van der Waals surface area contributed by atoms with Crippen molar-refractivity contribution in [2.45, 2.75) is 64.3 Å². The summed E-state index contributed by atoms with van der Waals surface area (Å²) in [6, 6.07) is 1.99. The first-order valence-electron chi connectivity index (χ1n) is 8.46. The van der Waals surface area contributed by atoms with Gasteiger partial charge in [0.2, 0.25) is 0 Å². The number of thiophene rings is 1. The van der Waals surface area contributed by atoms with Crippen molar-refractivity contribution in [3.8, 4) is 0 Å². The van der Waals surface area contributed by atoms with E-state index in [0.29, 0.717) is 13.1 Å². The zero-order valence-corrected chi connectivity index (χ0v) is 15.6. The van der Waals surface area contributed by atoms with Crippen LogP contribution in [0.25, 0.3) is 0 Å². The van der Waals surface area contributed by atoms with E-state index in [-0.39, 0.29) is 17.8 Å². The maximum Gasteiger partial charge on any atom is 0.410 e. The normalized spacial score (nSPS) is 23.0. The van der Waals surface area contributed by atoms with Crippen LogP contribution in [0.4, 0.5) is 4.79 Å². The SMILES string of the molecule is CC1Cc2cc(C=O)sc2C2(CCN(C(=O)OC(C)(C)C)CC2)O1. The molecule has 0 saturated carbocycles. The molecule has 0 bridgehead atoms. The number of fused-ring (bicyclic) bond motifs is 2. The number of likely N-dealkylation sites (tertiary alicyclic amines) is 1. The summed E-state index contributed by atoms with van der Waals surface area (Å²) in [7, 11) is 0. The number of carbonyl (C=O) groups excluding carboxylic acids is 2. The number of ether oxygens (including phenoxy) is 2. The van der Waals surface area contributed by atoms with Crippen molar-refractivity contribution in [2.75, 3.05) is 13.1 Å². The minimum Gasteiger partial charge on any atom is -0.444 e. The first-order chi connectivity index (χ1) is 11.2. The molecule has 24 heavy (non-hydrogen) atoms. The van der Waals surface area contributed by atoms with Gasteiger partial charge in [0.05, 0.1) is 11.0 Å². The Balaban J connectivity index is 1.77. The molecular formula is C18H25NO4S. The zero-order valence-electron chi connectivity index (χ0n) is 14.8. The molecule has 1 saturated heterocycles. The lowest BCUT2D eigenvalue weighted by Crippen LogP contribution is -2.50. The number of hydrogen-bond donors (Lipinski definition) is 0. The summed E-state index contributed by atoms with van der Waals surface area (Å²) in [5, 5.41) is 0. The summed E-state index contributed by atoms with van der Waals surface area (Å²) in [4.78, 5) is 27.1. The van der Waals surface area contributed by atoms with Crippen LogP contribution in [-0.2, 0) is 21.5 Å². The lowest BCUT2D eigenvalue weighted by Gasteiger charge is -2.45. The van der Waals surface area contributed by atoms with E-state index in [1.165, 1.54) is 21.8 Å². The molecule has 2 aliphatic heterocycles.